The van der Waals surface area contributed by atoms with E-state index in [0.29, 0.717) is 81.5 Å². The normalized spacial score (nSPS) is 48.0. The molecule has 4 saturated carbocycles. The maximum absolute atomic E-state index is 14.7. The number of carbonyl (C=O) groups is 2. The predicted molar refractivity (Wildman–Crippen MR) is 200 cm³/mol. The van der Waals surface area contributed by atoms with Gasteiger partial charge in [-0.1, -0.05) is 39.8 Å². The van der Waals surface area contributed by atoms with Gasteiger partial charge in [-0.05, 0) is 123 Å². The Balaban J connectivity index is 1.20. The van der Waals surface area contributed by atoms with Gasteiger partial charge in [0.1, 0.15) is 17.5 Å². The van der Waals surface area contributed by atoms with Crippen molar-refractivity contribution in [1.29, 1.82) is 0 Å². The van der Waals surface area contributed by atoms with Crippen molar-refractivity contribution >= 4 is 17.4 Å². The van der Waals surface area contributed by atoms with Crippen LogP contribution in [0.2, 0.25) is 0 Å². The first-order valence-electron chi connectivity index (χ1n) is 20.7. The SMILES string of the molecule is CC(C)[C@@H](C)[C@H]1O[C@H]1[C@]1(O)CC=C[C@H]2C[C@@]34CC[C@@H]5[C@H](O)[C@H](O)C[C@@](CO)(C(=O)C=C3[C@@]3(O)CC[C@H]1[C@@]23CCc1cc(O)cc(N2CCCC2=O)c1)[C@]54C. The highest BCUT2D eigenvalue weighted by atomic mass is 16.6. The van der Waals surface area contributed by atoms with E-state index < -0.39 is 63.7 Å². The van der Waals surface area contributed by atoms with E-state index in [2.05, 4.69) is 32.9 Å². The van der Waals surface area contributed by atoms with Gasteiger partial charge in [-0.15, -0.1) is 0 Å². The molecule has 6 N–H and O–H groups in total. The summed E-state index contributed by atoms with van der Waals surface area (Å²) in [5.74, 6) is -0.692. The Morgan fingerprint density at radius 1 is 1.04 bits per heavy atom. The number of phenolic OH excluding ortho intramolecular Hbond substituents is 1. The Kier molecular flexibility index (Phi) is 8.20. The van der Waals surface area contributed by atoms with Crippen LogP contribution < -0.4 is 4.90 Å². The number of carbonyl (C=O) groups excluding carboxylic acids is 2. The number of allylic oxidation sites excluding steroid dienone is 2. The first kappa shape index (κ1) is 37.0. The molecule has 0 radical (unpaired) electrons. The number of aryl methyl sites for hydroxylation is 1. The van der Waals surface area contributed by atoms with E-state index in [0.717, 1.165) is 12.0 Å². The summed E-state index contributed by atoms with van der Waals surface area (Å²) < 4.78 is 6.43. The molecule has 54 heavy (non-hydrogen) atoms. The lowest BCUT2D eigenvalue weighted by atomic mass is 9.34. The molecule has 2 aliphatic heterocycles. The van der Waals surface area contributed by atoms with Gasteiger partial charge >= 0.3 is 0 Å². The summed E-state index contributed by atoms with van der Waals surface area (Å²) in [7, 11) is 0. The van der Waals surface area contributed by atoms with E-state index in [4.69, 9.17) is 4.74 Å². The molecule has 0 aromatic heterocycles. The second-order valence-electron chi connectivity index (χ2n) is 19.4. The first-order valence-corrected chi connectivity index (χ1v) is 20.7. The van der Waals surface area contributed by atoms with Crippen LogP contribution in [0, 0.1) is 51.2 Å². The Labute approximate surface area is 318 Å². The first-order chi connectivity index (χ1) is 25.5. The molecule has 2 saturated heterocycles. The van der Waals surface area contributed by atoms with Crippen molar-refractivity contribution in [2.24, 2.45) is 51.2 Å². The van der Waals surface area contributed by atoms with Crippen LogP contribution in [-0.4, -0.2) is 91.1 Å². The highest BCUT2D eigenvalue weighted by Gasteiger charge is 2.83. The fraction of sp³-hybridized carbons (Fsp3) is 0.727. The molecule has 0 bridgehead atoms. The zero-order valence-corrected chi connectivity index (χ0v) is 32.2. The number of ether oxygens (including phenoxy) is 1. The van der Waals surface area contributed by atoms with Crippen LogP contribution in [0.1, 0.15) is 97.5 Å². The molecule has 6 fully saturated rings. The van der Waals surface area contributed by atoms with Gasteiger partial charge < -0.3 is 40.3 Å². The lowest BCUT2D eigenvalue weighted by molar-refractivity contribution is -0.232. The number of anilines is 1. The third-order valence-corrected chi connectivity index (χ3v) is 17.6. The second kappa shape index (κ2) is 12.0. The molecular formula is C44H59NO9. The number of aliphatic hydroxyl groups is 5. The largest absolute Gasteiger partial charge is 0.508 e. The average molecular weight is 746 g/mol. The summed E-state index contributed by atoms with van der Waals surface area (Å²) in [4.78, 5) is 29.2. The molecule has 1 amide bonds. The fourth-order valence-corrected chi connectivity index (χ4v) is 14.6. The molecule has 6 aliphatic carbocycles. The number of aromatic hydroxyl groups is 1. The molecule has 2 heterocycles. The number of hydrogen-bond acceptors (Lipinski definition) is 9. The summed E-state index contributed by atoms with van der Waals surface area (Å²) in [5, 5.41) is 71.8. The van der Waals surface area contributed by atoms with Crippen LogP contribution in [0.3, 0.4) is 0 Å². The van der Waals surface area contributed by atoms with Crippen molar-refractivity contribution in [2.45, 2.75) is 134 Å². The van der Waals surface area contributed by atoms with Crippen molar-refractivity contribution in [1.82, 2.24) is 0 Å². The summed E-state index contributed by atoms with van der Waals surface area (Å²) in [6.07, 6.45) is 8.28. The third-order valence-electron chi connectivity index (χ3n) is 17.6. The lowest BCUT2D eigenvalue weighted by Crippen LogP contribution is -2.73. The number of aliphatic hydroxyl groups excluding tert-OH is 3. The van der Waals surface area contributed by atoms with Gasteiger partial charge in [0.05, 0.1) is 35.9 Å². The number of rotatable bonds is 8. The van der Waals surface area contributed by atoms with Crippen LogP contribution in [0.4, 0.5) is 5.69 Å². The Morgan fingerprint density at radius 2 is 1.81 bits per heavy atom. The number of hydrogen-bond donors (Lipinski definition) is 6. The number of epoxide rings is 1. The van der Waals surface area contributed by atoms with E-state index in [1.54, 1.807) is 23.1 Å². The van der Waals surface area contributed by atoms with E-state index in [1.165, 1.54) is 0 Å². The summed E-state index contributed by atoms with van der Waals surface area (Å²) >= 11 is 0. The molecule has 14 atom stereocenters. The number of fused-ring (bicyclic) bond motifs is 1. The Bertz CT molecular complexity index is 1830. The van der Waals surface area contributed by atoms with Crippen molar-refractivity contribution in [2.75, 3.05) is 18.1 Å². The van der Waals surface area contributed by atoms with E-state index in [9.17, 15) is 40.2 Å². The maximum Gasteiger partial charge on any atom is 0.227 e. The molecule has 10 heteroatoms. The molecule has 0 unspecified atom stereocenters. The standard InChI is InChI=1S/C44H59NO9/c1-24(2)25(3)37-38(54-37)43(52)12-5-7-27-21-40-13-10-30-36(51)31(48)22-41(23-46,39(30,40)4)34(49)20-33(40)44(53)15-11-32(43)42(27,44)14-9-26-17-28(19-29(47)18-26)45-16-6-8-35(45)50/h5,7,17-20,24-25,27,30-32,36-38,46-48,51-53H,6,8-16,21-23H2,1-4H3/t25-,27+,30-,31-,32+,36+,37-,38-,39-,40+,41-,42-,43+,44+/m1/s1. The Morgan fingerprint density at radius 3 is 2.52 bits per heavy atom. The van der Waals surface area contributed by atoms with Crippen molar-refractivity contribution < 1.29 is 45.0 Å². The molecule has 1 aromatic carbocycles. The van der Waals surface area contributed by atoms with Gasteiger partial charge in [0.25, 0.3) is 0 Å². The zero-order valence-electron chi connectivity index (χ0n) is 32.2. The molecule has 9 rings (SSSR count). The summed E-state index contributed by atoms with van der Waals surface area (Å²) in [6.45, 7) is 8.68. The van der Waals surface area contributed by atoms with Gasteiger partial charge in [-0.25, -0.2) is 0 Å². The minimum Gasteiger partial charge on any atom is -0.508 e. The van der Waals surface area contributed by atoms with Gasteiger partial charge in [-0.3, -0.25) is 9.59 Å². The van der Waals surface area contributed by atoms with Gasteiger partial charge in [0, 0.05) is 41.5 Å². The third kappa shape index (κ3) is 4.39. The molecule has 8 aliphatic rings. The van der Waals surface area contributed by atoms with Gasteiger partial charge in [0.15, 0.2) is 5.78 Å². The van der Waals surface area contributed by atoms with Gasteiger partial charge in [0.2, 0.25) is 5.91 Å². The predicted octanol–water partition coefficient (Wildman–Crippen LogP) is 4.37. The number of benzene rings is 1. The highest BCUT2D eigenvalue weighted by molar-refractivity contribution is 5.99. The van der Waals surface area contributed by atoms with Crippen LogP contribution in [0.15, 0.2) is 42.0 Å². The topological polar surface area (TPSA) is 171 Å². The van der Waals surface area contributed by atoms with E-state index in [-0.39, 0.29) is 47.7 Å². The monoisotopic (exact) mass is 745 g/mol. The molecule has 1 aromatic rings. The highest BCUT2D eigenvalue weighted by Crippen LogP contribution is 2.82. The van der Waals surface area contributed by atoms with Crippen LogP contribution >= 0.6 is 0 Å². The van der Waals surface area contributed by atoms with Crippen molar-refractivity contribution in [3.63, 3.8) is 0 Å². The molecule has 294 valence electrons. The van der Waals surface area contributed by atoms with E-state index in [1.807, 2.05) is 13.0 Å². The minimum atomic E-state index is -1.52. The summed E-state index contributed by atoms with van der Waals surface area (Å²) in [5.41, 5.74) is -4.52. The molecular weight excluding hydrogens is 686 g/mol. The number of phenols is 1. The van der Waals surface area contributed by atoms with Crippen LogP contribution in [-0.2, 0) is 20.7 Å². The quantitative estimate of drug-likeness (QED) is 0.167. The number of ketones is 1. The number of amides is 1. The van der Waals surface area contributed by atoms with Crippen LogP contribution in [0.25, 0.3) is 0 Å². The second-order valence-corrected chi connectivity index (χ2v) is 19.4. The molecule has 1 spiro atoms. The minimum absolute atomic E-state index is 0.0281. The summed E-state index contributed by atoms with van der Waals surface area (Å²) in [6, 6.07) is 5.32. The maximum atomic E-state index is 14.7. The lowest BCUT2D eigenvalue weighted by Gasteiger charge is -2.70. The van der Waals surface area contributed by atoms with E-state index >= 15 is 0 Å². The van der Waals surface area contributed by atoms with Crippen LogP contribution in [0.5, 0.6) is 5.75 Å². The Hall–Kier alpha value is -2.60. The fourth-order valence-electron chi connectivity index (χ4n) is 14.6. The van der Waals surface area contributed by atoms with Gasteiger partial charge in [-0.2, -0.15) is 0 Å². The smallest absolute Gasteiger partial charge is 0.227 e. The van der Waals surface area contributed by atoms with Crippen molar-refractivity contribution in [3.8, 4) is 5.75 Å². The zero-order chi connectivity index (χ0) is 38.4. The van der Waals surface area contributed by atoms with Crippen molar-refractivity contribution in [3.05, 3.63) is 47.6 Å². The average Bonchev–Trinajstić information content (AvgIpc) is 3.63. The molecule has 10 nitrogen and oxygen atoms in total. The number of nitrogens with zero attached hydrogens (tertiary/aromatic N) is 1.